The van der Waals surface area contributed by atoms with Crippen molar-refractivity contribution in [3.05, 3.63) is 0 Å². The summed E-state index contributed by atoms with van der Waals surface area (Å²) in [5.41, 5.74) is 1.24. The minimum atomic E-state index is -0.291. The highest BCUT2D eigenvalue weighted by molar-refractivity contribution is 5.77. The SMILES string of the molecule is CC12CC3CC(C)(C1)CC(CC(=O)N1CC[C@@H](O)C1)(C3)C2. The minimum Gasteiger partial charge on any atom is -0.391 e. The molecule has 1 heterocycles. The largest absolute Gasteiger partial charge is 0.391 e. The fourth-order valence-corrected chi connectivity index (χ4v) is 7.28. The number of hydrogen-bond acceptors (Lipinski definition) is 2. The highest BCUT2D eigenvalue weighted by atomic mass is 16.3. The third kappa shape index (κ3) is 2.32. The van der Waals surface area contributed by atoms with Crippen molar-refractivity contribution >= 4 is 5.91 Å². The van der Waals surface area contributed by atoms with Crippen molar-refractivity contribution in [3.63, 3.8) is 0 Å². The summed E-state index contributed by atoms with van der Waals surface area (Å²) < 4.78 is 0. The van der Waals surface area contributed by atoms with E-state index < -0.39 is 0 Å². The van der Waals surface area contributed by atoms with Crippen molar-refractivity contribution in [1.82, 2.24) is 4.90 Å². The number of rotatable bonds is 2. The molecule has 3 heteroatoms. The summed E-state index contributed by atoms with van der Waals surface area (Å²) in [7, 11) is 0. The average molecular weight is 291 g/mol. The smallest absolute Gasteiger partial charge is 0.223 e. The van der Waals surface area contributed by atoms with Crippen molar-refractivity contribution in [2.24, 2.45) is 22.2 Å². The van der Waals surface area contributed by atoms with Gasteiger partial charge in [0, 0.05) is 19.5 Å². The number of β-amino-alcohol motifs (C(OH)–C–C–N with tert-alkyl or cyclic N) is 1. The summed E-state index contributed by atoms with van der Waals surface area (Å²) in [6.07, 6.45) is 9.15. The Morgan fingerprint density at radius 3 is 2.33 bits per heavy atom. The first kappa shape index (κ1) is 14.0. The molecule has 3 nitrogen and oxygen atoms in total. The van der Waals surface area contributed by atoms with Gasteiger partial charge in [0.15, 0.2) is 0 Å². The molecule has 4 bridgehead atoms. The van der Waals surface area contributed by atoms with Gasteiger partial charge in [0.25, 0.3) is 0 Å². The highest BCUT2D eigenvalue weighted by Crippen LogP contribution is 2.70. The average Bonchev–Trinajstić information content (AvgIpc) is 2.70. The van der Waals surface area contributed by atoms with Gasteiger partial charge in [-0.05, 0) is 67.1 Å². The number of amides is 1. The molecule has 1 amide bonds. The van der Waals surface area contributed by atoms with Gasteiger partial charge >= 0.3 is 0 Å². The van der Waals surface area contributed by atoms with Crippen LogP contribution in [0.1, 0.15) is 65.2 Å². The molecule has 4 aliphatic carbocycles. The van der Waals surface area contributed by atoms with Crippen LogP contribution < -0.4 is 0 Å². The summed E-state index contributed by atoms with van der Waals surface area (Å²) >= 11 is 0. The molecule has 5 fully saturated rings. The predicted molar refractivity (Wildman–Crippen MR) is 81.7 cm³/mol. The third-order valence-corrected chi connectivity index (χ3v) is 6.78. The molecule has 1 N–H and O–H groups in total. The minimum absolute atomic E-state index is 0.271. The highest BCUT2D eigenvalue weighted by Gasteiger charge is 2.60. The van der Waals surface area contributed by atoms with Crippen molar-refractivity contribution in [1.29, 1.82) is 0 Å². The van der Waals surface area contributed by atoms with Gasteiger partial charge in [-0.25, -0.2) is 0 Å². The zero-order valence-electron chi connectivity index (χ0n) is 13.5. The second kappa shape index (κ2) is 4.24. The van der Waals surface area contributed by atoms with Gasteiger partial charge in [0.2, 0.25) is 5.91 Å². The summed E-state index contributed by atoms with van der Waals surface area (Å²) in [4.78, 5) is 14.6. The molecular weight excluding hydrogens is 262 g/mol. The van der Waals surface area contributed by atoms with E-state index in [1.54, 1.807) is 0 Å². The number of aliphatic hydroxyl groups is 1. The molecule has 1 saturated heterocycles. The van der Waals surface area contributed by atoms with Gasteiger partial charge in [-0.3, -0.25) is 4.79 Å². The Bertz CT molecular complexity index is 456. The summed E-state index contributed by atoms with van der Waals surface area (Å²) in [5, 5.41) is 9.67. The zero-order chi connectivity index (χ0) is 14.9. The maximum absolute atomic E-state index is 12.7. The molecule has 5 rings (SSSR count). The van der Waals surface area contributed by atoms with Crippen LogP contribution in [0.15, 0.2) is 0 Å². The van der Waals surface area contributed by atoms with Gasteiger partial charge in [0.05, 0.1) is 6.10 Å². The summed E-state index contributed by atoms with van der Waals surface area (Å²) in [6, 6.07) is 0. The molecule has 1 aliphatic heterocycles. The van der Waals surface area contributed by atoms with E-state index in [0.29, 0.717) is 23.3 Å². The van der Waals surface area contributed by atoms with E-state index in [9.17, 15) is 9.90 Å². The standard InChI is InChI=1S/C18H29NO2/c1-16-5-13-6-17(2,10-16)12-18(7-13,11-16)8-15(21)19-4-3-14(20)9-19/h13-14,20H,3-12H2,1-2H3/t13?,14-,16?,17?,18?/m1/s1. The van der Waals surface area contributed by atoms with Gasteiger partial charge in [-0.1, -0.05) is 13.8 Å². The molecule has 0 spiro atoms. The Kier molecular flexibility index (Phi) is 2.84. The first-order valence-electron chi connectivity index (χ1n) is 8.75. The fraction of sp³-hybridized carbons (Fsp3) is 0.944. The van der Waals surface area contributed by atoms with E-state index >= 15 is 0 Å². The molecule has 5 aliphatic rings. The second-order valence-corrected chi connectivity index (χ2v) is 9.59. The number of nitrogens with zero attached hydrogens (tertiary/aromatic N) is 1. The maximum atomic E-state index is 12.7. The van der Waals surface area contributed by atoms with E-state index in [2.05, 4.69) is 13.8 Å². The fourth-order valence-electron chi connectivity index (χ4n) is 7.28. The molecule has 3 atom stereocenters. The number of aliphatic hydroxyl groups excluding tert-OH is 1. The monoisotopic (exact) mass is 291 g/mol. The first-order chi connectivity index (χ1) is 9.79. The molecule has 21 heavy (non-hydrogen) atoms. The van der Waals surface area contributed by atoms with Crippen molar-refractivity contribution in [2.75, 3.05) is 13.1 Å². The van der Waals surface area contributed by atoms with Crippen LogP contribution in [0.5, 0.6) is 0 Å². The lowest BCUT2D eigenvalue weighted by molar-refractivity contribution is -0.160. The summed E-state index contributed by atoms with van der Waals surface area (Å²) in [5.74, 6) is 1.16. The zero-order valence-corrected chi connectivity index (χ0v) is 13.5. The molecule has 0 aromatic rings. The van der Waals surface area contributed by atoms with Crippen LogP contribution in [0.2, 0.25) is 0 Å². The number of carbonyl (C=O) groups is 1. The quantitative estimate of drug-likeness (QED) is 0.849. The van der Waals surface area contributed by atoms with E-state index in [1.165, 1.54) is 38.5 Å². The number of carbonyl (C=O) groups excluding carboxylic acids is 1. The topological polar surface area (TPSA) is 40.5 Å². The van der Waals surface area contributed by atoms with Gasteiger partial charge in [0.1, 0.15) is 0 Å². The normalized spacial score (nSPS) is 51.7. The Morgan fingerprint density at radius 2 is 1.81 bits per heavy atom. The van der Waals surface area contributed by atoms with Crippen molar-refractivity contribution in [3.8, 4) is 0 Å². The van der Waals surface area contributed by atoms with Crippen LogP contribution in [0, 0.1) is 22.2 Å². The Balaban J connectivity index is 1.53. The Labute approximate surface area is 128 Å². The summed E-state index contributed by atoms with van der Waals surface area (Å²) in [6.45, 7) is 6.25. The molecule has 2 unspecified atom stereocenters. The molecule has 0 aromatic heterocycles. The second-order valence-electron chi connectivity index (χ2n) is 9.59. The van der Waals surface area contributed by atoms with E-state index in [1.807, 2.05) is 4.90 Å². The molecule has 0 radical (unpaired) electrons. The van der Waals surface area contributed by atoms with Crippen LogP contribution in [-0.2, 0) is 4.79 Å². The lowest BCUT2D eigenvalue weighted by Gasteiger charge is -2.65. The van der Waals surface area contributed by atoms with Crippen molar-refractivity contribution in [2.45, 2.75) is 71.3 Å². The first-order valence-corrected chi connectivity index (χ1v) is 8.75. The Hall–Kier alpha value is -0.570. The van der Waals surface area contributed by atoms with Gasteiger partial charge in [-0.2, -0.15) is 0 Å². The number of likely N-dealkylation sites (tertiary alicyclic amines) is 1. The molecule has 0 aromatic carbocycles. The number of hydrogen-bond donors (Lipinski definition) is 1. The van der Waals surface area contributed by atoms with E-state index in [0.717, 1.165) is 25.3 Å². The lowest BCUT2D eigenvalue weighted by Crippen LogP contribution is -2.56. The van der Waals surface area contributed by atoms with E-state index in [-0.39, 0.29) is 11.5 Å². The Morgan fingerprint density at radius 1 is 1.14 bits per heavy atom. The van der Waals surface area contributed by atoms with Gasteiger partial charge in [-0.15, -0.1) is 0 Å². The van der Waals surface area contributed by atoms with Crippen LogP contribution in [0.3, 0.4) is 0 Å². The van der Waals surface area contributed by atoms with Crippen LogP contribution in [0.4, 0.5) is 0 Å². The molecule has 4 saturated carbocycles. The maximum Gasteiger partial charge on any atom is 0.223 e. The van der Waals surface area contributed by atoms with Crippen molar-refractivity contribution < 1.29 is 9.90 Å². The van der Waals surface area contributed by atoms with Crippen LogP contribution in [0.25, 0.3) is 0 Å². The lowest BCUT2D eigenvalue weighted by atomic mass is 9.40. The third-order valence-electron chi connectivity index (χ3n) is 6.78. The van der Waals surface area contributed by atoms with Gasteiger partial charge < -0.3 is 10.0 Å². The molecule has 118 valence electrons. The van der Waals surface area contributed by atoms with E-state index in [4.69, 9.17) is 0 Å². The molecular formula is C18H29NO2. The predicted octanol–water partition coefficient (Wildman–Crippen LogP) is 2.97. The van der Waals surface area contributed by atoms with Crippen LogP contribution in [-0.4, -0.2) is 35.1 Å². The van der Waals surface area contributed by atoms with Crippen LogP contribution >= 0.6 is 0 Å².